The number of hydrogen-bond donors (Lipinski definition) is 1. The van der Waals surface area contributed by atoms with Gasteiger partial charge in [0.2, 0.25) is 5.91 Å². The number of benzene rings is 1. The molecule has 1 aromatic rings. The number of hydrogen-bond acceptors (Lipinski definition) is 2. The number of carbonyl (C=O) groups excluding carboxylic acids is 1. The van der Waals surface area contributed by atoms with Gasteiger partial charge in [0, 0.05) is 30.7 Å². The smallest absolute Gasteiger partial charge is 0.222 e. The molecule has 1 aromatic carbocycles. The topological polar surface area (TPSA) is 32.3 Å². The zero-order valence-corrected chi connectivity index (χ0v) is 13.0. The Hall–Kier alpha value is -1.51. The van der Waals surface area contributed by atoms with Crippen LogP contribution in [0.4, 0.5) is 5.69 Å². The first-order valence-corrected chi connectivity index (χ1v) is 7.57. The molecule has 2 rings (SSSR count). The molecule has 0 aliphatic carbocycles. The molecule has 110 valence electrons. The molecule has 1 N–H and O–H groups in total. The van der Waals surface area contributed by atoms with Crippen LogP contribution in [-0.2, 0) is 4.79 Å². The van der Waals surface area contributed by atoms with Gasteiger partial charge in [-0.2, -0.15) is 0 Å². The van der Waals surface area contributed by atoms with E-state index in [-0.39, 0.29) is 17.9 Å². The van der Waals surface area contributed by atoms with Crippen molar-refractivity contribution in [2.45, 2.75) is 40.2 Å². The molecular weight excluding hydrogens is 248 g/mol. The molecule has 3 nitrogen and oxygen atoms in total. The number of rotatable bonds is 3. The van der Waals surface area contributed by atoms with Gasteiger partial charge in [0.15, 0.2) is 0 Å². The van der Waals surface area contributed by atoms with Crippen LogP contribution in [0.1, 0.15) is 32.8 Å². The highest BCUT2D eigenvalue weighted by atomic mass is 16.1. The van der Waals surface area contributed by atoms with Crippen molar-refractivity contribution >= 4 is 11.6 Å². The number of nitrogens with one attached hydrogen (secondary N) is 1. The van der Waals surface area contributed by atoms with Crippen LogP contribution in [0, 0.1) is 18.8 Å². The van der Waals surface area contributed by atoms with Crippen molar-refractivity contribution in [1.82, 2.24) is 5.32 Å². The first-order chi connectivity index (χ1) is 9.45. The molecule has 3 heteroatoms. The molecule has 1 saturated heterocycles. The van der Waals surface area contributed by atoms with Gasteiger partial charge >= 0.3 is 0 Å². The Labute approximate surface area is 122 Å². The maximum Gasteiger partial charge on any atom is 0.222 e. The van der Waals surface area contributed by atoms with Gasteiger partial charge in [0.05, 0.1) is 0 Å². The molecule has 2 unspecified atom stereocenters. The minimum Gasteiger partial charge on any atom is -0.369 e. The Balaban J connectivity index is 2.06. The van der Waals surface area contributed by atoms with Crippen LogP contribution >= 0.6 is 0 Å². The van der Waals surface area contributed by atoms with Crippen molar-refractivity contribution < 1.29 is 4.79 Å². The van der Waals surface area contributed by atoms with Gasteiger partial charge in [0.25, 0.3) is 0 Å². The summed E-state index contributed by atoms with van der Waals surface area (Å²) in [5.74, 6) is 0.815. The lowest BCUT2D eigenvalue weighted by atomic mass is 9.94. The van der Waals surface area contributed by atoms with E-state index in [0.717, 1.165) is 19.5 Å². The summed E-state index contributed by atoms with van der Waals surface area (Å²) in [6.45, 7) is 10.2. The molecule has 1 fully saturated rings. The maximum absolute atomic E-state index is 11.9. The number of piperidine rings is 1. The van der Waals surface area contributed by atoms with Gasteiger partial charge in [-0.05, 0) is 37.0 Å². The summed E-state index contributed by atoms with van der Waals surface area (Å²) in [6.07, 6.45) is 1.07. The summed E-state index contributed by atoms with van der Waals surface area (Å²) in [5.41, 5.74) is 2.55. The van der Waals surface area contributed by atoms with Gasteiger partial charge in [0.1, 0.15) is 0 Å². The molecule has 0 aromatic heterocycles. The van der Waals surface area contributed by atoms with Crippen LogP contribution in [0.15, 0.2) is 24.3 Å². The van der Waals surface area contributed by atoms with Gasteiger partial charge in [-0.1, -0.05) is 32.9 Å². The van der Waals surface area contributed by atoms with E-state index < -0.39 is 0 Å². The Morgan fingerprint density at radius 2 is 2.10 bits per heavy atom. The first-order valence-electron chi connectivity index (χ1n) is 7.57. The molecule has 20 heavy (non-hydrogen) atoms. The zero-order valence-electron chi connectivity index (χ0n) is 13.0. The average molecular weight is 274 g/mol. The van der Waals surface area contributed by atoms with Gasteiger partial charge in [-0.25, -0.2) is 0 Å². The molecule has 0 saturated carbocycles. The number of anilines is 1. The van der Waals surface area contributed by atoms with E-state index in [9.17, 15) is 4.79 Å². The van der Waals surface area contributed by atoms with E-state index in [0.29, 0.717) is 5.92 Å². The number of amides is 1. The summed E-state index contributed by atoms with van der Waals surface area (Å²) in [6, 6.07) is 8.86. The van der Waals surface area contributed by atoms with Crippen LogP contribution < -0.4 is 10.2 Å². The Kier molecular flexibility index (Phi) is 4.69. The maximum atomic E-state index is 11.9. The largest absolute Gasteiger partial charge is 0.369 e. The predicted molar refractivity (Wildman–Crippen MR) is 83.9 cm³/mol. The first kappa shape index (κ1) is 14.9. The lowest BCUT2D eigenvalue weighted by molar-refractivity contribution is -0.124. The number of carbonyl (C=O) groups is 1. The second-order valence-electron chi connectivity index (χ2n) is 6.45. The van der Waals surface area contributed by atoms with Crippen LogP contribution in [0.3, 0.4) is 0 Å². The van der Waals surface area contributed by atoms with Crippen LogP contribution in [0.5, 0.6) is 0 Å². The normalized spacial score (nSPS) is 22.9. The third-order valence-corrected chi connectivity index (χ3v) is 3.90. The fraction of sp³-hybridized carbons (Fsp3) is 0.588. The van der Waals surface area contributed by atoms with Crippen LogP contribution in [-0.4, -0.2) is 25.0 Å². The second kappa shape index (κ2) is 6.29. The molecular formula is C17H26N2O. The molecule has 0 radical (unpaired) electrons. The summed E-state index contributed by atoms with van der Waals surface area (Å²) in [4.78, 5) is 14.3. The fourth-order valence-corrected chi connectivity index (χ4v) is 2.86. The fourth-order valence-electron chi connectivity index (χ4n) is 2.86. The van der Waals surface area contributed by atoms with E-state index in [1.165, 1.54) is 11.3 Å². The summed E-state index contributed by atoms with van der Waals surface area (Å²) in [7, 11) is 0. The van der Waals surface area contributed by atoms with Gasteiger partial charge < -0.3 is 10.2 Å². The van der Waals surface area contributed by atoms with Gasteiger partial charge in [-0.3, -0.25) is 4.79 Å². The third-order valence-electron chi connectivity index (χ3n) is 3.90. The van der Waals surface area contributed by atoms with Crippen molar-refractivity contribution in [3.05, 3.63) is 29.8 Å². The van der Waals surface area contributed by atoms with Crippen LogP contribution in [0.2, 0.25) is 0 Å². The molecule has 1 aliphatic rings. The standard InChI is InChI=1S/C17H26N2O/c1-12(2)17(20)18-15-8-14(4)10-19(11-15)16-7-5-6-13(3)9-16/h5-7,9,12,14-15H,8,10-11H2,1-4H3,(H,18,20). The number of aryl methyl sites for hydroxylation is 1. The zero-order chi connectivity index (χ0) is 14.7. The molecule has 0 spiro atoms. The Morgan fingerprint density at radius 3 is 2.75 bits per heavy atom. The van der Waals surface area contributed by atoms with E-state index >= 15 is 0 Å². The molecule has 0 bridgehead atoms. The Morgan fingerprint density at radius 1 is 1.35 bits per heavy atom. The van der Waals surface area contributed by atoms with E-state index in [1.807, 2.05) is 13.8 Å². The van der Waals surface area contributed by atoms with Crippen LogP contribution in [0.25, 0.3) is 0 Å². The lowest BCUT2D eigenvalue weighted by Crippen LogP contribution is -2.51. The highest BCUT2D eigenvalue weighted by Gasteiger charge is 2.26. The van der Waals surface area contributed by atoms with Crippen molar-refractivity contribution in [3.8, 4) is 0 Å². The summed E-state index contributed by atoms with van der Waals surface area (Å²) >= 11 is 0. The summed E-state index contributed by atoms with van der Waals surface area (Å²) < 4.78 is 0. The average Bonchev–Trinajstić information content (AvgIpc) is 2.37. The minimum atomic E-state index is 0.0552. The Bertz CT molecular complexity index is 470. The molecule has 1 aliphatic heterocycles. The molecule has 1 heterocycles. The second-order valence-corrected chi connectivity index (χ2v) is 6.45. The van der Waals surface area contributed by atoms with Gasteiger partial charge in [-0.15, -0.1) is 0 Å². The SMILES string of the molecule is Cc1cccc(N2CC(C)CC(NC(=O)C(C)C)C2)c1. The van der Waals surface area contributed by atoms with Crippen molar-refractivity contribution in [1.29, 1.82) is 0 Å². The monoisotopic (exact) mass is 274 g/mol. The quantitative estimate of drug-likeness (QED) is 0.919. The summed E-state index contributed by atoms with van der Waals surface area (Å²) in [5, 5.41) is 3.18. The van der Waals surface area contributed by atoms with E-state index in [2.05, 4.69) is 48.3 Å². The lowest BCUT2D eigenvalue weighted by Gasteiger charge is -2.38. The highest BCUT2D eigenvalue weighted by Crippen LogP contribution is 2.24. The van der Waals surface area contributed by atoms with Crippen molar-refractivity contribution in [3.63, 3.8) is 0 Å². The molecule has 2 atom stereocenters. The van der Waals surface area contributed by atoms with E-state index in [4.69, 9.17) is 0 Å². The predicted octanol–water partition coefficient (Wildman–Crippen LogP) is 2.98. The molecule has 1 amide bonds. The van der Waals surface area contributed by atoms with E-state index in [1.54, 1.807) is 0 Å². The third kappa shape index (κ3) is 3.75. The minimum absolute atomic E-state index is 0.0552. The van der Waals surface area contributed by atoms with Crippen molar-refractivity contribution in [2.24, 2.45) is 11.8 Å². The van der Waals surface area contributed by atoms with Crippen molar-refractivity contribution in [2.75, 3.05) is 18.0 Å². The highest BCUT2D eigenvalue weighted by molar-refractivity contribution is 5.78. The number of nitrogens with zero attached hydrogens (tertiary/aromatic N) is 1.